The summed E-state index contributed by atoms with van der Waals surface area (Å²) in [5, 5.41) is 21.5. The number of nitrogens with zero attached hydrogens (tertiary/aromatic N) is 5. The number of hydrogen-bond donors (Lipinski definition) is 1. The van der Waals surface area contributed by atoms with Gasteiger partial charge in [-0.05, 0) is 49.1 Å². The van der Waals surface area contributed by atoms with Gasteiger partial charge in [-0.1, -0.05) is 0 Å². The molecular formula is C11H19N5O. The van der Waals surface area contributed by atoms with Gasteiger partial charge in [-0.15, -0.1) is 5.10 Å². The van der Waals surface area contributed by atoms with Crippen LogP contribution in [0.2, 0.25) is 0 Å². The predicted octanol–water partition coefficient (Wildman–Crippen LogP) is 0.211. The summed E-state index contributed by atoms with van der Waals surface area (Å²) < 4.78 is 1.97. The van der Waals surface area contributed by atoms with Crippen LogP contribution in [0.15, 0.2) is 0 Å². The maximum Gasteiger partial charge on any atom is 0.165 e. The van der Waals surface area contributed by atoms with Crippen molar-refractivity contribution in [3.05, 3.63) is 5.82 Å². The number of rotatable bonds is 4. The average molecular weight is 237 g/mol. The fourth-order valence-electron chi connectivity index (χ4n) is 2.52. The number of aromatic nitrogens is 4. The molecule has 1 aromatic heterocycles. The molecule has 2 unspecified atom stereocenters. The maximum atomic E-state index is 9.58. The van der Waals surface area contributed by atoms with Crippen LogP contribution in [0, 0.1) is 5.92 Å². The minimum absolute atomic E-state index is 0.209. The van der Waals surface area contributed by atoms with Crippen LogP contribution in [0.3, 0.4) is 0 Å². The van der Waals surface area contributed by atoms with Gasteiger partial charge in [-0.25, -0.2) is 4.68 Å². The third-order valence-electron chi connectivity index (χ3n) is 3.81. The SMILES string of the molecule is CC(O)C1CCN(Cc2nnnn2C2CC2)C1. The lowest BCUT2D eigenvalue weighted by molar-refractivity contribution is 0.126. The van der Waals surface area contributed by atoms with E-state index in [4.69, 9.17) is 0 Å². The second-order valence-electron chi connectivity index (χ2n) is 5.30. The van der Waals surface area contributed by atoms with Crippen LogP contribution in [0.4, 0.5) is 0 Å². The van der Waals surface area contributed by atoms with Gasteiger partial charge in [0.15, 0.2) is 5.82 Å². The third kappa shape index (κ3) is 2.32. The monoisotopic (exact) mass is 237 g/mol. The first-order valence-corrected chi connectivity index (χ1v) is 6.41. The van der Waals surface area contributed by atoms with Crippen LogP contribution in [-0.2, 0) is 6.54 Å². The normalized spacial score (nSPS) is 27.5. The smallest absolute Gasteiger partial charge is 0.165 e. The zero-order chi connectivity index (χ0) is 11.8. The van der Waals surface area contributed by atoms with Crippen LogP contribution in [-0.4, -0.2) is 49.4 Å². The summed E-state index contributed by atoms with van der Waals surface area (Å²) >= 11 is 0. The zero-order valence-electron chi connectivity index (χ0n) is 10.2. The molecule has 2 fully saturated rings. The minimum atomic E-state index is -0.209. The summed E-state index contributed by atoms with van der Waals surface area (Å²) in [6, 6.07) is 0.537. The minimum Gasteiger partial charge on any atom is -0.393 e. The molecule has 0 aromatic carbocycles. The molecule has 0 bridgehead atoms. The van der Waals surface area contributed by atoms with Crippen molar-refractivity contribution in [2.75, 3.05) is 13.1 Å². The van der Waals surface area contributed by atoms with Crippen molar-refractivity contribution in [3.63, 3.8) is 0 Å². The Hall–Kier alpha value is -1.01. The molecule has 6 nitrogen and oxygen atoms in total. The molecule has 3 rings (SSSR count). The Labute approximate surface area is 101 Å². The Balaban J connectivity index is 1.61. The van der Waals surface area contributed by atoms with Crippen molar-refractivity contribution in [1.82, 2.24) is 25.1 Å². The summed E-state index contributed by atoms with van der Waals surface area (Å²) in [4.78, 5) is 2.34. The topological polar surface area (TPSA) is 67.1 Å². The quantitative estimate of drug-likeness (QED) is 0.811. The van der Waals surface area contributed by atoms with Gasteiger partial charge in [-0.2, -0.15) is 0 Å². The van der Waals surface area contributed by atoms with Crippen molar-refractivity contribution in [3.8, 4) is 0 Å². The Bertz CT molecular complexity index is 387. The Morgan fingerprint density at radius 2 is 2.24 bits per heavy atom. The van der Waals surface area contributed by atoms with Gasteiger partial charge in [0.2, 0.25) is 0 Å². The molecule has 1 saturated heterocycles. The standard InChI is InChI=1S/C11H19N5O/c1-8(17)9-4-5-15(6-9)7-11-12-13-14-16(11)10-2-3-10/h8-10,17H,2-7H2,1H3. The first-order valence-electron chi connectivity index (χ1n) is 6.41. The molecule has 1 aliphatic carbocycles. The summed E-state index contributed by atoms with van der Waals surface area (Å²) in [6.07, 6.45) is 3.27. The van der Waals surface area contributed by atoms with Gasteiger partial charge < -0.3 is 5.11 Å². The highest BCUT2D eigenvalue weighted by Gasteiger charge is 2.30. The number of aliphatic hydroxyl groups excluding tert-OH is 1. The lowest BCUT2D eigenvalue weighted by atomic mass is 10.0. The van der Waals surface area contributed by atoms with E-state index < -0.39 is 0 Å². The van der Waals surface area contributed by atoms with Gasteiger partial charge in [-0.3, -0.25) is 4.90 Å². The fourth-order valence-corrected chi connectivity index (χ4v) is 2.52. The van der Waals surface area contributed by atoms with Crippen LogP contribution < -0.4 is 0 Å². The van der Waals surface area contributed by atoms with E-state index in [1.54, 1.807) is 0 Å². The van der Waals surface area contributed by atoms with Crippen molar-refractivity contribution in [2.24, 2.45) is 5.92 Å². The van der Waals surface area contributed by atoms with Crippen molar-refractivity contribution in [2.45, 2.75) is 44.9 Å². The lowest BCUT2D eigenvalue weighted by Crippen LogP contribution is -2.25. The van der Waals surface area contributed by atoms with Crippen molar-refractivity contribution < 1.29 is 5.11 Å². The van der Waals surface area contributed by atoms with Gasteiger partial charge in [0.25, 0.3) is 0 Å². The molecular weight excluding hydrogens is 218 g/mol. The van der Waals surface area contributed by atoms with E-state index in [2.05, 4.69) is 20.4 Å². The molecule has 1 aromatic rings. The molecule has 17 heavy (non-hydrogen) atoms. The number of tetrazole rings is 1. The van der Waals surface area contributed by atoms with Crippen LogP contribution in [0.25, 0.3) is 0 Å². The molecule has 0 radical (unpaired) electrons. The van der Waals surface area contributed by atoms with E-state index in [1.165, 1.54) is 12.8 Å². The molecule has 1 aliphatic heterocycles. The molecule has 0 amide bonds. The zero-order valence-corrected chi connectivity index (χ0v) is 10.2. The second-order valence-corrected chi connectivity index (χ2v) is 5.30. The van der Waals surface area contributed by atoms with E-state index >= 15 is 0 Å². The first kappa shape index (κ1) is 11.1. The highest BCUT2D eigenvalue weighted by atomic mass is 16.3. The van der Waals surface area contributed by atoms with Crippen molar-refractivity contribution >= 4 is 0 Å². The second kappa shape index (κ2) is 4.34. The van der Waals surface area contributed by atoms with Crippen molar-refractivity contribution in [1.29, 1.82) is 0 Å². The summed E-state index contributed by atoms with van der Waals surface area (Å²) in [5.41, 5.74) is 0. The molecule has 2 heterocycles. The average Bonchev–Trinajstić information content (AvgIpc) is 2.86. The van der Waals surface area contributed by atoms with E-state index in [0.29, 0.717) is 12.0 Å². The molecule has 2 aliphatic rings. The van der Waals surface area contributed by atoms with E-state index in [1.807, 2.05) is 11.6 Å². The van der Waals surface area contributed by atoms with Crippen LogP contribution >= 0.6 is 0 Å². The van der Waals surface area contributed by atoms with Gasteiger partial charge in [0.1, 0.15) is 0 Å². The number of hydrogen-bond acceptors (Lipinski definition) is 5. The molecule has 0 spiro atoms. The lowest BCUT2D eigenvalue weighted by Gasteiger charge is -2.16. The van der Waals surface area contributed by atoms with Gasteiger partial charge >= 0.3 is 0 Å². The first-order chi connectivity index (χ1) is 8.24. The largest absolute Gasteiger partial charge is 0.393 e. The summed E-state index contributed by atoms with van der Waals surface area (Å²) in [7, 11) is 0. The van der Waals surface area contributed by atoms with Crippen LogP contribution in [0.5, 0.6) is 0 Å². The van der Waals surface area contributed by atoms with Crippen LogP contribution in [0.1, 0.15) is 38.1 Å². The number of aliphatic hydroxyl groups is 1. The number of likely N-dealkylation sites (tertiary alicyclic amines) is 1. The van der Waals surface area contributed by atoms with E-state index in [-0.39, 0.29) is 6.10 Å². The fraction of sp³-hybridized carbons (Fsp3) is 0.909. The Morgan fingerprint density at radius 3 is 2.88 bits per heavy atom. The third-order valence-corrected chi connectivity index (χ3v) is 3.81. The molecule has 94 valence electrons. The van der Waals surface area contributed by atoms with Gasteiger partial charge in [0.05, 0.1) is 18.7 Å². The molecule has 2 atom stereocenters. The highest BCUT2D eigenvalue weighted by molar-refractivity contribution is 4.92. The summed E-state index contributed by atoms with van der Waals surface area (Å²) in [6.45, 7) is 4.68. The maximum absolute atomic E-state index is 9.58. The molecule has 6 heteroatoms. The molecule has 1 saturated carbocycles. The Kier molecular flexibility index (Phi) is 2.84. The van der Waals surface area contributed by atoms with E-state index in [0.717, 1.165) is 31.9 Å². The highest BCUT2D eigenvalue weighted by Crippen LogP contribution is 2.34. The molecule has 1 N–H and O–H groups in total. The van der Waals surface area contributed by atoms with Gasteiger partial charge in [0, 0.05) is 6.54 Å². The van der Waals surface area contributed by atoms with E-state index in [9.17, 15) is 5.11 Å². The predicted molar refractivity (Wildman–Crippen MR) is 61.2 cm³/mol. The Morgan fingerprint density at radius 1 is 1.41 bits per heavy atom. The summed E-state index contributed by atoms with van der Waals surface area (Å²) in [5.74, 6) is 1.37.